The first-order chi connectivity index (χ1) is 10.3. The van der Waals surface area contributed by atoms with Gasteiger partial charge in [0.05, 0.1) is 11.2 Å². The van der Waals surface area contributed by atoms with E-state index in [4.69, 9.17) is 12.2 Å². The second-order valence-electron chi connectivity index (χ2n) is 5.37. The predicted octanol–water partition coefficient (Wildman–Crippen LogP) is 2.57. The first-order valence-corrected chi connectivity index (χ1v) is 7.42. The van der Waals surface area contributed by atoms with Crippen molar-refractivity contribution in [3.8, 4) is 0 Å². The maximum atomic E-state index is 5.08. The topological polar surface area (TPSA) is 60.6 Å². The van der Waals surface area contributed by atoms with E-state index in [-0.39, 0.29) is 0 Å². The number of hydrogen-bond acceptors (Lipinski definition) is 4. The molecule has 21 heavy (non-hydrogen) atoms. The van der Waals surface area contributed by atoms with Crippen LogP contribution in [-0.2, 0) is 19.5 Å². The van der Waals surface area contributed by atoms with Gasteiger partial charge in [0.15, 0.2) is 4.77 Å². The van der Waals surface area contributed by atoms with Gasteiger partial charge in [-0.3, -0.25) is 10.00 Å². The standard InChI is InChI=1S/C15H15N5S/c21-15-16-7-10-8-20(6-5-12(10)17-15)9-14-11-3-1-2-4-13(11)18-19-14/h1-4,7H,5-6,8-9H2,(H,18,19)(H,16,17,21). The van der Waals surface area contributed by atoms with Crippen LogP contribution < -0.4 is 0 Å². The van der Waals surface area contributed by atoms with Crippen molar-refractivity contribution < 1.29 is 0 Å². The van der Waals surface area contributed by atoms with Crippen molar-refractivity contribution >= 4 is 23.1 Å². The molecule has 0 saturated heterocycles. The molecule has 5 nitrogen and oxygen atoms in total. The van der Waals surface area contributed by atoms with E-state index in [1.807, 2.05) is 18.3 Å². The largest absolute Gasteiger partial charge is 0.334 e. The lowest BCUT2D eigenvalue weighted by atomic mass is 10.1. The number of nitrogens with one attached hydrogen (secondary N) is 2. The quantitative estimate of drug-likeness (QED) is 0.714. The molecule has 0 fully saturated rings. The van der Waals surface area contributed by atoms with Crippen LogP contribution in [0.2, 0.25) is 0 Å². The van der Waals surface area contributed by atoms with Gasteiger partial charge in [0.2, 0.25) is 0 Å². The fraction of sp³-hybridized carbons (Fsp3) is 0.267. The van der Waals surface area contributed by atoms with Gasteiger partial charge < -0.3 is 4.98 Å². The van der Waals surface area contributed by atoms with E-state index in [1.165, 1.54) is 22.3 Å². The highest BCUT2D eigenvalue weighted by Crippen LogP contribution is 2.21. The molecule has 3 aromatic rings. The number of aromatic nitrogens is 4. The van der Waals surface area contributed by atoms with Crippen LogP contribution in [0.25, 0.3) is 10.9 Å². The van der Waals surface area contributed by atoms with Crippen molar-refractivity contribution in [1.29, 1.82) is 0 Å². The van der Waals surface area contributed by atoms with Crippen LogP contribution in [0.5, 0.6) is 0 Å². The van der Waals surface area contributed by atoms with E-state index < -0.39 is 0 Å². The van der Waals surface area contributed by atoms with Crippen molar-refractivity contribution in [3.63, 3.8) is 0 Å². The van der Waals surface area contributed by atoms with Gasteiger partial charge in [-0.2, -0.15) is 5.10 Å². The second-order valence-corrected chi connectivity index (χ2v) is 5.76. The van der Waals surface area contributed by atoms with Crippen molar-refractivity contribution in [2.75, 3.05) is 6.54 Å². The van der Waals surface area contributed by atoms with Gasteiger partial charge in [0.25, 0.3) is 0 Å². The lowest BCUT2D eigenvalue weighted by Gasteiger charge is -2.27. The summed E-state index contributed by atoms with van der Waals surface area (Å²) >= 11 is 5.08. The Morgan fingerprint density at radius 1 is 1.29 bits per heavy atom. The number of benzene rings is 1. The van der Waals surface area contributed by atoms with Crippen molar-refractivity contribution in [1.82, 2.24) is 25.1 Å². The molecule has 0 spiro atoms. The summed E-state index contributed by atoms with van der Waals surface area (Å²) in [5.41, 5.74) is 4.65. The lowest BCUT2D eigenvalue weighted by molar-refractivity contribution is 0.240. The first kappa shape index (κ1) is 12.7. The zero-order valence-electron chi connectivity index (χ0n) is 11.5. The minimum absolute atomic E-state index is 0.571. The minimum atomic E-state index is 0.571. The van der Waals surface area contributed by atoms with E-state index in [2.05, 4.69) is 37.2 Å². The molecule has 2 N–H and O–H groups in total. The molecule has 0 atom stereocenters. The van der Waals surface area contributed by atoms with Gasteiger partial charge in [-0.05, 0) is 18.3 Å². The Labute approximate surface area is 127 Å². The number of nitrogens with zero attached hydrogens (tertiary/aromatic N) is 3. The number of rotatable bonds is 2. The van der Waals surface area contributed by atoms with Crippen LogP contribution in [0.4, 0.5) is 0 Å². The average molecular weight is 297 g/mol. The average Bonchev–Trinajstić information content (AvgIpc) is 2.91. The SMILES string of the molecule is S=c1ncc2c([nH]1)CCN(Cc1[nH]nc3ccccc13)C2. The molecular formula is C15H15N5S. The maximum absolute atomic E-state index is 5.08. The van der Waals surface area contributed by atoms with E-state index in [0.29, 0.717) is 4.77 Å². The highest BCUT2D eigenvalue weighted by Gasteiger charge is 2.18. The normalized spacial score (nSPS) is 15.2. The van der Waals surface area contributed by atoms with E-state index in [0.717, 1.165) is 31.6 Å². The Kier molecular flexibility index (Phi) is 3.05. The van der Waals surface area contributed by atoms with Crippen LogP contribution in [0.3, 0.4) is 0 Å². The third-order valence-electron chi connectivity index (χ3n) is 3.98. The van der Waals surface area contributed by atoms with E-state index in [9.17, 15) is 0 Å². The molecule has 0 amide bonds. The van der Waals surface area contributed by atoms with Crippen molar-refractivity contribution in [2.24, 2.45) is 0 Å². The summed E-state index contributed by atoms with van der Waals surface area (Å²) in [5.74, 6) is 0. The van der Waals surface area contributed by atoms with Gasteiger partial charge in [0, 0.05) is 48.9 Å². The second kappa shape index (κ2) is 5.05. The van der Waals surface area contributed by atoms with Crippen LogP contribution in [-0.4, -0.2) is 31.6 Å². The monoisotopic (exact) mass is 297 g/mol. The number of para-hydroxylation sites is 1. The summed E-state index contributed by atoms with van der Waals surface area (Å²) in [6, 6.07) is 8.21. The summed E-state index contributed by atoms with van der Waals surface area (Å²) in [6.45, 7) is 2.77. The molecule has 0 aliphatic carbocycles. The Morgan fingerprint density at radius 3 is 3.14 bits per heavy atom. The summed E-state index contributed by atoms with van der Waals surface area (Å²) < 4.78 is 0.571. The Balaban J connectivity index is 1.59. The molecule has 1 aliphatic heterocycles. The molecule has 1 aliphatic rings. The zero-order chi connectivity index (χ0) is 14.2. The first-order valence-electron chi connectivity index (χ1n) is 7.01. The molecule has 0 unspecified atom stereocenters. The molecule has 0 saturated carbocycles. The molecule has 0 radical (unpaired) electrons. The van der Waals surface area contributed by atoms with Gasteiger partial charge in [-0.15, -0.1) is 0 Å². The summed E-state index contributed by atoms with van der Waals surface area (Å²) in [6.07, 6.45) is 2.87. The highest BCUT2D eigenvalue weighted by molar-refractivity contribution is 7.71. The maximum Gasteiger partial charge on any atom is 0.196 e. The number of fused-ring (bicyclic) bond motifs is 2. The molecule has 3 heterocycles. The summed E-state index contributed by atoms with van der Waals surface area (Å²) in [7, 11) is 0. The van der Waals surface area contributed by atoms with Crippen LogP contribution in [0.1, 0.15) is 17.0 Å². The number of aromatic amines is 2. The van der Waals surface area contributed by atoms with Gasteiger partial charge >= 0.3 is 0 Å². The van der Waals surface area contributed by atoms with Crippen LogP contribution in [0, 0.1) is 4.77 Å². The molecule has 2 aromatic heterocycles. The summed E-state index contributed by atoms with van der Waals surface area (Å²) in [4.78, 5) is 9.78. The Hall–Kier alpha value is -2.05. The highest BCUT2D eigenvalue weighted by atomic mass is 32.1. The van der Waals surface area contributed by atoms with Crippen molar-refractivity contribution in [3.05, 3.63) is 52.2 Å². The fourth-order valence-electron chi connectivity index (χ4n) is 2.90. The van der Waals surface area contributed by atoms with Crippen LogP contribution >= 0.6 is 12.2 Å². The molecular weight excluding hydrogens is 282 g/mol. The minimum Gasteiger partial charge on any atom is -0.334 e. The zero-order valence-corrected chi connectivity index (χ0v) is 12.3. The lowest BCUT2D eigenvalue weighted by Crippen LogP contribution is -2.31. The molecule has 1 aromatic carbocycles. The van der Waals surface area contributed by atoms with E-state index in [1.54, 1.807) is 0 Å². The molecule has 6 heteroatoms. The molecule has 4 rings (SSSR count). The van der Waals surface area contributed by atoms with Crippen LogP contribution in [0.15, 0.2) is 30.5 Å². The number of hydrogen-bond donors (Lipinski definition) is 2. The summed E-state index contributed by atoms with van der Waals surface area (Å²) in [5, 5.41) is 8.72. The fourth-order valence-corrected chi connectivity index (χ4v) is 3.07. The van der Waals surface area contributed by atoms with Gasteiger partial charge in [-0.1, -0.05) is 18.2 Å². The van der Waals surface area contributed by atoms with Crippen molar-refractivity contribution in [2.45, 2.75) is 19.5 Å². The molecule has 0 bridgehead atoms. The molecule has 106 valence electrons. The third kappa shape index (κ3) is 2.36. The van der Waals surface area contributed by atoms with Gasteiger partial charge in [0.1, 0.15) is 0 Å². The predicted molar refractivity (Wildman–Crippen MR) is 83.3 cm³/mol. The third-order valence-corrected chi connectivity index (χ3v) is 4.18. The Bertz CT molecular complexity index is 850. The number of H-pyrrole nitrogens is 2. The Morgan fingerprint density at radius 2 is 2.19 bits per heavy atom. The van der Waals surface area contributed by atoms with Gasteiger partial charge in [-0.25, -0.2) is 4.98 Å². The van der Waals surface area contributed by atoms with E-state index >= 15 is 0 Å². The smallest absolute Gasteiger partial charge is 0.196 e.